The van der Waals surface area contributed by atoms with Gasteiger partial charge in [-0.1, -0.05) is 32.9 Å². The van der Waals surface area contributed by atoms with Gasteiger partial charge in [-0.25, -0.2) is 0 Å². The highest BCUT2D eigenvalue weighted by Gasteiger charge is 2.77. The van der Waals surface area contributed by atoms with E-state index in [0.29, 0.717) is 6.42 Å². The van der Waals surface area contributed by atoms with Crippen molar-refractivity contribution in [3.05, 3.63) is 29.8 Å². The average molecular weight is 353 g/mol. The average Bonchev–Trinajstić information content (AvgIpc) is 2.79. The molecule has 3 rings (SSSR count). The van der Waals surface area contributed by atoms with Gasteiger partial charge in [0.1, 0.15) is 5.41 Å². The van der Waals surface area contributed by atoms with Crippen LogP contribution in [0.2, 0.25) is 0 Å². The van der Waals surface area contributed by atoms with E-state index < -0.39 is 51.1 Å². The number of rotatable bonds is 2. The van der Waals surface area contributed by atoms with Crippen LogP contribution in [0, 0.1) is 16.2 Å². The van der Waals surface area contributed by atoms with Crippen LogP contribution in [0.5, 0.6) is 0 Å². The molecule has 2 atom stereocenters. The SMILES string of the molecule is CC1(C)[C@@]2(C(=O)Nc3ccccc3C(F)(F)F)CC[C@]1(C)C(=O)C2=O. The maximum absolute atomic E-state index is 13.1. The van der Waals surface area contributed by atoms with Crippen molar-refractivity contribution in [2.75, 3.05) is 5.32 Å². The van der Waals surface area contributed by atoms with Crippen molar-refractivity contribution in [1.29, 1.82) is 0 Å². The molecule has 0 radical (unpaired) electrons. The molecule has 2 aliphatic rings. The lowest BCUT2D eigenvalue weighted by atomic mass is 9.64. The van der Waals surface area contributed by atoms with E-state index in [-0.39, 0.29) is 6.42 Å². The number of carbonyl (C=O) groups is 3. The van der Waals surface area contributed by atoms with Crippen molar-refractivity contribution in [2.45, 2.75) is 39.8 Å². The van der Waals surface area contributed by atoms with Crippen molar-refractivity contribution >= 4 is 23.2 Å². The fraction of sp³-hybridized carbons (Fsp3) is 0.500. The zero-order valence-corrected chi connectivity index (χ0v) is 14.1. The monoisotopic (exact) mass is 353 g/mol. The summed E-state index contributed by atoms with van der Waals surface area (Å²) in [6.45, 7) is 4.98. The summed E-state index contributed by atoms with van der Waals surface area (Å²) in [5.74, 6) is -2.25. The quantitative estimate of drug-likeness (QED) is 0.653. The van der Waals surface area contributed by atoms with Gasteiger partial charge >= 0.3 is 6.18 Å². The molecular weight excluding hydrogens is 335 g/mol. The van der Waals surface area contributed by atoms with Crippen LogP contribution in [0.4, 0.5) is 18.9 Å². The van der Waals surface area contributed by atoms with E-state index in [2.05, 4.69) is 5.32 Å². The van der Waals surface area contributed by atoms with Gasteiger partial charge in [0.2, 0.25) is 17.5 Å². The van der Waals surface area contributed by atoms with Crippen molar-refractivity contribution in [2.24, 2.45) is 16.2 Å². The fourth-order valence-corrected chi connectivity index (χ4v) is 4.34. The van der Waals surface area contributed by atoms with Gasteiger partial charge in [-0.3, -0.25) is 14.4 Å². The standard InChI is InChI=1S/C18H18F3NO3/c1-15(2)16(3)8-9-17(15,13(24)12(16)23)14(25)22-11-7-5-4-6-10(11)18(19,20)21/h4-7H,8-9H2,1-3H3,(H,22,25)/t16-,17+/m1/s1. The third-order valence-corrected chi connectivity index (χ3v) is 6.41. The Bertz CT molecular complexity index is 799. The first kappa shape index (κ1) is 17.6. The van der Waals surface area contributed by atoms with E-state index in [9.17, 15) is 27.6 Å². The Labute approximate surface area is 142 Å². The molecule has 0 heterocycles. The Morgan fingerprint density at radius 3 is 2.16 bits per heavy atom. The van der Waals surface area contributed by atoms with Crippen LogP contribution < -0.4 is 5.32 Å². The number of alkyl halides is 3. The topological polar surface area (TPSA) is 63.2 Å². The summed E-state index contributed by atoms with van der Waals surface area (Å²) >= 11 is 0. The van der Waals surface area contributed by atoms with E-state index in [1.54, 1.807) is 20.8 Å². The van der Waals surface area contributed by atoms with Crippen molar-refractivity contribution < 1.29 is 27.6 Å². The molecule has 2 saturated carbocycles. The zero-order chi connectivity index (χ0) is 18.8. The Balaban J connectivity index is 2.04. The number of ketones is 2. The largest absolute Gasteiger partial charge is 0.418 e. The Morgan fingerprint density at radius 1 is 1.04 bits per heavy atom. The fourth-order valence-electron chi connectivity index (χ4n) is 4.34. The van der Waals surface area contributed by atoms with E-state index in [1.165, 1.54) is 12.1 Å². The molecule has 0 aromatic heterocycles. The molecule has 2 fully saturated rings. The summed E-state index contributed by atoms with van der Waals surface area (Å²) in [6, 6.07) is 4.59. The first-order valence-corrected chi connectivity index (χ1v) is 7.96. The number of anilines is 1. The van der Waals surface area contributed by atoms with Crippen molar-refractivity contribution in [3.8, 4) is 0 Å². The van der Waals surface area contributed by atoms with Gasteiger partial charge < -0.3 is 5.32 Å². The van der Waals surface area contributed by atoms with E-state index in [4.69, 9.17) is 0 Å². The van der Waals surface area contributed by atoms with Gasteiger partial charge in [0.15, 0.2) is 0 Å². The predicted octanol–water partition coefficient (Wildman–Crippen LogP) is 3.61. The lowest BCUT2D eigenvalue weighted by Crippen LogP contribution is -2.48. The summed E-state index contributed by atoms with van der Waals surface area (Å²) < 4.78 is 39.4. The molecule has 25 heavy (non-hydrogen) atoms. The minimum atomic E-state index is -4.64. The maximum Gasteiger partial charge on any atom is 0.418 e. The molecule has 2 bridgehead atoms. The van der Waals surface area contributed by atoms with Gasteiger partial charge in [-0.2, -0.15) is 13.2 Å². The van der Waals surface area contributed by atoms with Crippen LogP contribution in [0.25, 0.3) is 0 Å². The number of nitrogens with one attached hydrogen (secondary N) is 1. The number of hydrogen-bond donors (Lipinski definition) is 1. The molecule has 1 aromatic carbocycles. The third kappa shape index (κ3) is 1.98. The Morgan fingerprint density at radius 2 is 1.64 bits per heavy atom. The highest BCUT2D eigenvalue weighted by atomic mass is 19.4. The second kappa shape index (κ2) is 4.93. The Hall–Kier alpha value is -2.18. The van der Waals surface area contributed by atoms with Crippen molar-refractivity contribution in [3.63, 3.8) is 0 Å². The normalized spacial score (nSPS) is 30.6. The molecule has 1 N–H and O–H groups in total. The molecular formula is C18H18F3NO3. The third-order valence-electron chi connectivity index (χ3n) is 6.41. The summed E-state index contributed by atoms with van der Waals surface area (Å²) in [5, 5.41) is 2.27. The van der Waals surface area contributed by atoms with Gasteiger partial charge in [0, 0.05) is 5.41 Å². The van der Waals surface area contributed by atoms with Crippen LogP contribution in [0.3, 0.4) is 0 Å². The Kier molecular flexibility index (Phi) is 3.47. The smallest absolute Gasteiger partial charge is 0.325 e. The molecule has 1 aromatic rings. The zero-order valence-electron chi connectivity index (χ0n) is 14.1. The predicted molar refractivity (Wildman–Crippen MR) is 83.6 cm³/mol. The molecule has 4 nitrogen and oxygen atoms in total. The molecule has 0 spiro atoms. The lowest BCUT2D eigenvalue weighted by molar-refractivity contribution is -0.147. The second-order valence-corrected chi connectivity index (χ2v) is 7.52. The van der Waals surface area contributed by atoms with E-state index >= 15 is 0 Å². The van der Waals surface area contributed by atoms with Gasteiger partial charge in [0.05, 0.1) is 11.3 Å². The van der Waals surface area contributed by atoms with Crippen LogP contribution >= 0.6 is 0 Å². The molecule has 7 heteroatoms. The second-order valence-electron chi connectivity index (χ2n) is 7.52. The summed E-state index contributed by atoms with van der Waals surface area (Å²) in [4.78, 5) is 37.9. The minimum absolute atomic E-state index is 0.154. The summed E-state index contributed by atoms with van der Waals surface area (Å²) in [5.41, 5.74) is -4.96. The van der Waals surface area contributed by atoms with E-state index in [1.807, 2.05) is 0 Å². The minimum Gasteiger partial charge on any atom is -0.325 e. The number of carbonyl (C=O) groups excluding carboxylic acids is 3. The van der Waals surface area contributed by atoms with Crippen LogP contribution in [-0.2, 0) is 20.6 Å². The van der Waals surface area contributed by atoms with Crippen LogP contribution in [0.1, 0.15) is 39.2 Å². The van der Waals surface area contributed by atoms with Crippen molar-refractivity contribution in [1.82, 2.24) is 0 Å². The summed E-state index contributed by atoms with van der Waals surface area (Å²) in [6.07, 6.45) is -4.13. The lowest BCUT2D eigenvalue weighted by Gasteiger charge is -2.37. The first-order valence-electron chi connectivity index (χ1n) is 7.96. The maximum atomic E-state index is 13.1. The molecule has 1 amide bonds. The molecule has 2 aliphatic carbocycles. The highest BCUT2D eigenvalue weighted by molar-refractivity contribution is 6.49. The van der Waals surface area contributed by atoms with Crippen LogP contribution in [-0.4, -0.2) is 17.5 Å². The summed E-state index contributed by atoms with van der Waals surface area (Å²) in [7, 11) is 0. The number of halogens is 3. The number of benzene rings is 1. The molecule has 0 saturated heterocycles. The number of para-hydroxylation sites is 1. The van der Waals surface area contributed by atoms with Gasteiger partial charge in [-0.15, -0.1) is 0 Å². The van der Waals surface area contributed by atoms with Gasteiger partial charge in [0.25, 0.3) is 0 Å². The molecule has 0 aliphatic heterocycles. The number of fused-ring (bicyclic) bond motifs is 2. The number of Topliss-reactive ketones (excluding diaryl/α,β-unsaturated/α-hetero) is 2. The highest BCUT2D eigenvalue weighted by Crippen LogP contribution is 2.69. The van der Waals surface area contributed by atoms with E-state index in [0.717, 1.165) is 12.1 Å². The number of hydrogen-bond acceptors (Lipinski definition) is 3. The first-order chi connectivity index (χ1) is 11.4. The molecule has 0 unspecified atom stereocenters. The number of amides is 1. The van der Waals surface area contributed by atoms with Gasteiger partial charge in [-0.05, 0) is 30.4 Å². The molecule has 134 valence electrons. The van der Waals surface area contributed by atoms with Crippen LogP contribution in [0.15, 0.2) is 24.3 Å².